The fourth-order valence-electron chi connectivity index (χ4n) is 3.72. The Morgan fingerprint density at radius 1 is 1.11 bits per heavy atom. The number of morpholine rings is 1. The lowest BCUT2D eigenvalue weighted by Crippen LogP contribution is -2.46. The highest BCUT2D eigenvalue weighted by molar-refractivity contribution is 5.96. The molecule has 1 aliphatic rings. The minimum atomic E-state index is -0.296. The third-order valence-electron chi connectivity index (χ3n) is 5.25. The number of benzene rings is 2. The number of nitrogens with one attached hydrogen (secondary N) is 1. The fourth-order valence-corrected chi connectivity index (χ4v) is 3.72. The number of pyridine rings is 1. The highest BCUT2D eigenvalue weighted by Crippen LogP contribution is 2.31. The van der Waals surface area contributed by atoms with Crippen LogP contribution in [0.4, 0.5) is 5.69 Å². The third kappa shape index (κ3) is 3.71. The first kappa shape index (κ1) is 18.4. The lowest BCUT2D eigenvalue weighted by Gasteiger charge is -2.29. The molecule has 28 heavy (non-hydrogen) atoms. The van der Waals surface area contributed by atoms with Crippen LogP contribution in [-0.4, -0.2) is 48.1 Å². The van der Waals surface area contributed by atoms with Crippen molar-refractivity contribution >= 4 is 22.5 Å². The standard InChI is InChI=1S/C23H25N3O2/c1-16-5-3-4-6-19(16)20-9-10-24-22-15-18(7-8-21(20)22)25-17(2)23(27)26-11-13-28-14-12-26/h3-10,15,17,25H,11-14H2,1-2H3/t17-/m1/s1. The Balaban J connectivity index is 1.58. The van der Waals surface area contributed by atoms with E-state index in [1.807, 2.05) is 30.2 Å². The SMILES string of the molecule is Cc1ccccc1-c1ccnc2cc(N[C@H](C)C(=O)N3CCOCC3)ccc12. The predicted molar refractivity (Wildman–Crippen MR) is 112 cm³/mol. The maximum Gasteiger partial charge on any atom is 0.244 e. The second-order valence-corrected chi connectivity index (χ2v) is 7.21. The van der Waals surface area contributed by atoms with Crippen molar-refractivity contribution in [3.8, 4) is 11.1 Å². The topological polar surface area (TPSA) is 54.5 Å². The molecule has 1 amide bonds. The Bertz CT molecular complexity index is 996. The molecule has 3 aromatic rings. The number of anilines is 1. The highest BCUT2D eigenvalue weighted by Gasteiger charge is 2.22. The Labute approximate surface area is 165 Å². The highest BCUT2D eigenvalue weighted by atomic mass is 16.5. The summed E-state index contributed by atoms with van der Waals surface area (Å²) in [6.45, 7) is 6.56. The van der Waals surface area contributed by atoms with Crippen LogP contribution in [0.5, 0.6) is 0 Å². The first-order valence-corrected chi connectivity index (χ1v) is 9.71. The van der Waals surface area contributed by atoms with E-state index < -0.39 is 0 Å². The fraction of sp³-hybridized carbons (Fsp3) is 0.304. The number of nitrogens with zero attached hydrogens (tertiary/aromatic N) is 2. The quantitative estimate of drug-likeness (QED) is 0.752. The Kier molecular flexibility index (Phi) is 5.26. The van der Waals surface area contributed by atoms with Crippen molar-refractivity contribution in [2.24, 2.45) is 0 Å². The van der Waals surface area contributed by atoms with Gasteiger partial charge in [-0.05, 0) is 48.7 Å². The molecule has 0 unspecified atom stereocenters. The van der Waals surface area contributed by atoms with Gasteiger partial charge in [0.2, 0.25) is 5.91 Å². The van der Waals surface area contributed by atoms with Crippen LogP contribution in [0, 0.1) is 6.92 Å². The monoisotopic (exact) mass is 375 g/mol. The zero-order valence-electron chi connectivity index (χ0n) is 16.3. The molecule has 5 nitrogen and oxygen atoms in total. The van der Waals surface area contributed by atoms with Crippen molar-refractivity contribution in [2.75, 3.05) is 31.6 Å². The number of hydrogen-bond donors (Lipinski definition) is 1. The number of fused-ring (bicyclic) bond motifs is 1. The Hall–Kier alpha value is -2.92. The van der Waals surface area contributed by atoms with Gasteiger partial charge < -0.3 is 15.0 Å². The number of carbonyl (C=O) groups is 1. The molecule has 0 aliphatic carbocycles. The van der Waals surface area contributed by atoms with Crippen molar-refractivity contribution in [1.29, 1.82) is 0 Å². The van der Waals surface area contributed by atoms with E-state index in [0.29, 0.717) is 26.3 Å². The Morgan fingerprint density at radius 2 is 1.89 bits per heavy atom. The Morgan fingerprint density at radius 3 is 2.68 bits per heavy atom. The van der Waals surface area contributed by atoms with Gasteiger partial charge in [-0.1, -0.05) is 30.3 Å². The summed E-state index contributed by atoms with van der Waals surface area (Å²) in [6.07, 6.45) is 1.84. The minimum Gasteiger partial charge on any atom is -0.378 e. The zero-order chi connectivity index (χ0) is 19.5. The molecule has 1 N–H and O–H groups in total. The number of ether oxygens (including phenoxy) is 1. The average Bonchev–Trinajstić information content (AvgIpc) is 2.73. The van der Waals surface area contributed by atoms with Gasteiger partial charge in [0.15, 0.2) is 0 Å². The molecule has 1 fully saturated rings. The molecule has 1 saturated heterocycles. The van der Waals surface area contributed by atoms with Crippen molar-refractivity contribution in [3.63, 3.8) is 0 Å². The first-order chi connectivity index (χ1) is 13.6. The summed E-state index contributed by atoms with van der Waals surface area (Å²) in [7, 11) is 0. The molecule has 0 saturated carbocycles. The molecule has 2 heterocycles. The van der Waals surface area contributed by atoms with Gasteiger partial charge in [0.1, 0.15) is 6.04 Å². The number of aromatic nitrogens is 1. The summed E-state index contributed by atoms with van der Waals surface area (Å²) in [4.78, 5) is 19.0. The summed E-state index contributed by atoms with van der Waals surface area (Å²) in [5.41, 5.74) is 5.44. The summed E-state index contributed by atoms with van der Waals surface area (Å²) in [5, 5.41) is 4.44. The largest absolute Gasteiger partial charge is 0.378 e. The van der Waals surface area contributed by atoms with E-state index in [2.05, 4.69) is 53.6 Å². The predicted octanol–water partition coefficient (Wildman–Crippen LogP) is 3.87. The molecule has 1 aliphatic heterocycles. The van der Waals surface area contributed by atoms with Crippen molar-refractivity contribution in [1.82, 2.24) is 9.88 Å². The molecule has 1 atom stereocenters. The second-order valence-electron chi connectivity index (χ2n) is 7.21. The van der Waals surface area contributed by atoms with Crippen LogP contribution in [0.1, 0.15) is 12.5 Å². The molecule has 4 rings (SSSR count). The van der Waals surface area contributed by atoms with Crippen LogP contribution in [0.3, 0.4) is 0 Å². The molecule has 2 aromatic carbocycles. The molecular weight excluding hydrogens is 350 g/mol. The zero-order valence-corrected chi connectivity index (χ0v) is 16.3. The van der Waals surface area contributed by atoms with E-state index >= 15 is 0 Å². The minimum absolute atomic E-state index is 0.102. The maximum absolute atomic E-state index is 12.6. The van der Waals surface area contributed by atoms with E-state index in [1.165, 1.54) is 16.7 Å². The number of carbonyl (C=O) groups excluding carboxylic acids is 1. The molecule has 0 spiro atoms. The number of hydrogen-bond acceptors (Lipinski definition) is 4. The van der Waals surface area contributed by atoms with Crippen LogP contribution >= 0.6 is 0 Å². The van der Waals surface area contributed by atoms with Crippen LogP contribution in [0.15, 0.2) is 54.7 Å². The average molecular weight is 375 g/mol. The summed E-state index contributed by atoms with van der Waals surface area (Å²) >= 11 is 0. The van der Waals surface area contributed by atoms with Crippen molar-refractivity contribution in [3.05, 3.63) is 60.3 Å². The molecule has 5 heteroatoms. The molecular formula is C23H25N3O2. The van der Waals surface area contributed by atoms with Crippen LogP contribution in [0.25, 0.3) is 22.0 Å². The van der Waals surface area contributed by atoms with Crippen LogP contribution in [-0.2, 0) is 9.53 Å². The van der Waals surface area contributed by atoms with Gasteiger partial charge in [-0.3, -0.25) is 9.78 Å². The maximum atomic E-state index is 12.6. The number of rotatable bonds is 4. The lowest BCUT2D eigenvalue weighted by molar-refractivity contribution is -0.135. The van der Waals surface area contributed by atoms with E-state index in [4.69, 9.17) is 4.74 Å². The van der Waals surface area contributed by atoms with E-state index in [1.54, 1.807) is 0 Å². The summed E-state index contributed by atoms with van der Waals surface area (Å²) < 4.78 is 5.33. The van der Waals surface area contributed by atoms with Gasteiger partial charge in [-0.15, -0.1) is 0 Å². The van der Waals surface area contributed by atoms with Crippen molar-refractivity contribution < 1.29 is 9.53 Å². The number of aryl methyl sites for hydroxylation is 1. The van der Waals surface area contributed by atoms with Gasteiger partial charge in [-0.2, -0.15) is 0 Å². The summed E-state index contributed by atoms with van der Waals surface area (Å²) in [5.74, 6) is 0.102. The van der Waals surface area contributed by atoms with Crippen LogP contribution < -0.4 is 5.32 Å². The molecule has 144 valence electrons. The first-order valence-electron chi connectivity index (χ1n) is 9.71. The smallest absolute Gasteiger partial charge is 0.244 e. The van der Waals surface area contributed by atoms with Gasteiger partial charge in [-0.25, -0.2) is 0 Å². The molecule has 0 bridgehead atoms. The normalized spacial score (nSPS) is 15.4. The van der Waals surface area contributed by atoms with Gasteiger partial charge in [0.25, 0.3) is 0 Å². The van der Waals surface area contributed by atoms with Gasteiger partial charge in [0.05, 0.1) is 18.7 Å². The van der Waals surface area contributed by atoms with E-state index in [9.17, 15) is 4.79 Å². The van der Waals surface area contributed by atoms with E-state index in [-0.39, 0.29) is 11.9 Å². The van der Waals surface area contributed by atoms with Crippen LogP contribution in [0.2, 0.25) is 0 Å². The summed E-state index contributed by atoms with van der Waals surface area (Å²) in [6, 6.07) is 16.3. The molecule has 1 aromatic heterocycles. The van der Waals surface area contributed by atoms with Gasteiger partial charge in [0, 0.05) is 30.4 Å². The van der Waals surface area contributed by atoms with Crippen molar-refractivity contribution in [2.45, 2.75) is 19.9 Å². The third-order valence-corrected chi connectivity index (χ3v) is 5.25. The second kappa shape index (κ2) is 7.98. The van der Waals surface area contributed by atoms with E-state index in [0.717, 1.165) is 16.6 Å². The lowest BCUT2D eigenvalue weighted by atomic mass is 9.97. The molecule has 0 radical (unpaired) electrons. The number of amides is 1. The van der Waals surface area contributed by atoms with Gasteiger partial charge >= 0.3 is 0 Å².